The summed E-state index contributed by atoms with van der Waals surface area (Å²) in [4.78, 5) is 4.66. The van der Waals surface area contributed by atoms with Gasteiger partial charge in [0.05, 0.1) is 16.8 Å². The van der Waals surface area contributed by atoms with E-state index in [-0.39, 0.29) is 11.7 Å². The predicted molar refractivity (Wildman–Crippen MR) is 103 cm³/mol. The van der Waals surface area contributed by atoms with Crippen LogP contribution in [0.4, 0.5) is 5.69 Å². The number of hydrogen-bond donors (Lipinski definition) is 2. The van der Waals surface area contributed by atoms with E-state index in [2.05, 4.69) is 11.1 Å². The van der Waals surface area contributed by atoms with Crippen molar-refractivity contribution in [1.82, 2.24) is 4.98 Å². The molecule has 4 rings (SSSR count). The van der Waals surface area contributed by atoms with Crippen LogP contribution in [0.15, 0.2) is 22.6 Å². The highest BCUT2D eigenvalue weighted by Crippen LogP contribution is 2.43. The molecule has 3 aromatic rings. The maximum absolute atomic E-state index is 10.2. The van der Waals surface area contributed by atoms with Gasteiger partial charge in [0.15, 0.2) is 11.5 Å². The minimum absolute atomic E-state index is 0.176. The Labute approximate surface area is 157 Å². The van der Waals surface area contributed by atoms with E-state index < -0.39 is 0 Å². The zero-order valence-corrected chi connectivity index (χ0v) is 15.4. The number of hydrogen-bond acceptors (Lipinski definition) is 6. The van der Waals surface area contributed by atoms with Crippen molar-refractivity contribution in [2.75, 3.05) is 18.9 Å². The smallest absolute Gasteiger partial charge is 0.198 e. The van der Waals surface area contributed by atoms with Gasteiger partial charge in [-0.15, -0.1) is 0 Å². The highest BCUT2D eigenvalue weighted by Gasteiger charge is 2.26. The quantitative estimate of drug-likeness (QED) is 0.662. The van der Waals surface area contributed by atoms with E-state index in [1.807, 2.05) is 19.9 Å². The summed E-state index contributed by atoms with van der Waals surface area (Å²) in [7, 11) is 0. The Morgan fingerprint density at radius 1 is 1.22 bits per heavy atom. The van der Waals surface area contributed by atoms with Gasteiger partial charge < -0.3 is 20.0 Å². The van der Waals surface area contributed by atoms with Crippen molar-refractivity contribution >= 4 is 16.8 Å². The molecule has 2 aromatic carbocycles. The first kappa shape index (κ1) is 17.4. The van der Waals surface area contributed by atoms with Crippen molar-refractivity contribution in [1.29, 1.82) is 5.26 Å². The van der Waals surface area contributed by atoms with Gasteiger partial charge >= 0.3 is 0 Å². The van der Waals surface area contributed by atoms with Gasteiger partial charge in [-0.05, 0) is 55.5 Å². The van der Waals surface area contributed by atoms with Crippen LogP contribution in [0.2, 0.25) is 0 Å². The summed E-state index contributed by atoms with van der Waals surface area (Å²) in [6, 6.07) is 7.31. The summed E-state index contributed by atoms with van der Waals surface area (Å²) in [5, 5.41) is 19.8. The fraction of sp³-hybridized carbons (Fsp3) is 0.333. The van der Waals surface area contributed by atoms with Gasteiger partial charge in [0.1, 0.15) is 17.3 Å². The molecule has 0 unspecified atom stereocenters. The number of rotatable bonds is 2. The lowest BCUT2D eigenvalue weighted by Crippen LogP contribution is -2.14. The largest absolute Gasteiger partial charge is 0.508 e. The molecule has 2 heterocycles. The fourth-order valence-corrected chi connectivity index (χ4v) is 3.78. The first-order valence-corrected chi connectivity index (χ1v) is 9.01. The second-order valence-electron chi connectivity index (χ2n) is 7.01. The van der Waals surface area contributed by atoms with Gasteiger partial charge in [-0.2, -0.15) is 5.26 Å². The molecule has 0 aliphatic carbocycles. The van der Waals surface area contributed by atoms with Gasteiger partial charge in [0.25, 0.3) is 0 Å². The van der Waals surface area contributed by atoms with Crippen LogP contribution in [0.1, 0.15) is 41.3 Å². The SMILES string of the molecule is Cc1ccc(O)c(C)c1-c1c(N)c(C#N)cc2nc(C3CCOCC3)oc12. The molecule has 1 aliphatic rings. The Morgan fingerprint density at radius 3 is 2.67 bits per heavy atom. The number of nitrogens with two attached hydrogens (primary N) is 1. The molecule has 0 saturated carbocycles. The second kappa shape index (κ2) is 6.60. The number of benzene rings is 2. The van der Waals surface area contributed by atoms with E-state index in [0.717, 1.165) is 24.0 Å². The summed E-state index contributed by atoms with van der Waals surface area (Å²) < 4.78 is 11.6. The Morgan fingerprint density at radius 2 is 1.96 bits per heavy atom. The van der Waals surface area contributed by atoms with E-state index in [1.165, 1.54) is 0 Å². The van der Waals surface area contributed by atoms with Crippen LogP contribution in [-0.2, 0) is 4.74 Å². The molecule has 0 atom stereocenters. The third kappa shape index (κ3) is 2.81. The molecule has 1 saturated heterocycles. The molecule has 0 radical (unpaired) electrons. The van der Waals surface area contributed by atoms with Crippen molar-refractivity contribution in [2.24, 2.45) is 0 Å². The molecule has 27 heavy (non-hydrogen) atoms. The molecule has 0 spiro atoms. The zero-order valence-electron chi connectivity index (χ0n) is 15.4. The van der Waals surface area contributed by atoms with E-state index >= 15 is 0 Å². The number of fused-ring (bicyclic) bond motifs is 1. The Balaban J connectivity index is 2.01. The van der Waals surface area contributed by atoms with E-state index in [0.29, 0.717) is 52.6 Å². The van der Waals surface area contributed by atoms with Crippen molar-refractivity contribution in [3.63, 3.8) is 0 Å². The number of aromatic hydroxyl groups is 1. The van der Waals surface area contributed by atoms with Crippen molar-refractivity contribution < 1.29 is 14.3 Å². The van der Waals surface area contributed by atoms with Crippen LogP contribution in [-0.4, -0.2) is 23.3 Å². The first-order chi connectivity index (χ1) is 13.0. The average Bonchev–Trinajstić information content (AvgIpc) is 3.10. The van der Waals surface area contributed by atoms with E-state index in [1.54, 1.807) is 12.1 Å². The van der Waals surface area contributed by atoms with Crippen LogP contribution in [0, 0.1) is 25.2 Å². The molecule has 1 fully saturated rings. The van der Waals surface area contributed by atoms with Gasteiger partial charge in [0, 0.05) is 19.1 Å². The number of nitriles is 1. The average molecular weight is 363 g/mol. The summed E-state index contributed by atoms with van der Waals surface area (Å²) in [5.41, 5.74) is 11.3. The highest BCUT2D eigenvalue weighted by molar-refractivity contribution is 6.01. The summed E-state index contributed by atoms with van der Waals surface area (Å²) in [6.45, 7) is 5.15. The summed E-state index contributed by atoms with van der Waals surface area (Å²) in [5.74, 6) is 1.02. The molecule has 6 nitrogen and oxygen atoms in total. The van der Waals surface area contributed by atoms with Crippen molar-refractivity contribution in [3.8, 4) is 22.9 Å². The fourth-order valence-electron chi connectivity index (χ4n) is 3.78. The number of phenols is 1. The van der Waals surface area contributed by atoms with Crippen LogP contribution < -0.4 is 5.73 Å². The zero-order chi connectivity index (χ0) is 19.1. The molecule has 0 bridgehead atoms. The molecular weight excluding hydrogens is 342 g/mol. The maximum Gasteiger partial charge on any atom is 0.198 e. The standard InChI is InChI=1S/C21H21N3O3/c1-11-3-4-16(25)12(2)17(11)18-19(23)14(10-22)9-15-20(18)27-21(24-15)13-5-7-26-8-6-13/h3-4,9,13,25H,5-8,23H2,1-2H3. The molecule has 138 valence electrons. The molecule has 6 heteroatoms. The highest BCUT2D eigenvalue weighted by atomic mass is 16.5. The van der Waals surface area contributed by atoms with Gasteiger partial charge in [-0.25, -0.2) is 4.98 Å². The van der Waals surface area contributed by atoms with Crippen molar-refractivity contribution in [2.45, 2.75) is 32.6 Å². The van der Waals surface area contributed by atoms with Crippen LogP contribution in [0.5, 0.6) is 5.75 Å². The first-order valence-electron chi connectivity index (χ1n) is 9.01. The Bertz CT molecular complexity index is 1070. The lowest BCUT2D eigenvalue weighted by atomic mass is 9.91. The summed E-state index contributed by atoms with van der Waals surface area (Å²) in [6.07, 6.45) is 1.71. The third-order valence-electron chi connectivity index (χ3n) is 5.32. The number of nitrogen functional groups attached to an aromatic ring is 1. The van der Waals surface area contributed by atoms with Crippen molar-refractivity contribution in [3.05, 3.63) is 40.8 Å². The monoisotopic (exact) mass is 363 g/mol. The molecular formula is C21H21N3O3. The normalized spacial score (nSPS) is 15.1. The Kier molecular flexibility index (Phi) is 4.25. The van der Waals surface area contributed by atoms with Gasteiger partial charge in [-0.3, -0.25) is 0 Å². The minimum Gasteiger partial charge on any atom is -0.508 e. The number of ether oxygens (including phenoxy) is 1. The van der Waals surface area contributed by atoms with E-state index in [9.17, 15) is 10.4 Å². The number of aromatic nitrogens is 1. The lowest BCUT2D eigenvalue weighted by Gasteiger charge is -2.18. The number of aryl methyl sites for hydroxylation is 1. The maximum atomic E-state index is 10.2. The molecule has 1 aliphatic heterocycles. The number of oxazole rings is 1. The number of phenolic OH excluding ortho intramolecular Hbond substituents is 1. The number of nitrogens with zero attached hydrogens (tertiary/aromatic N) is 2. The second-order valence-corrected chi connectivity index (χ2v) is 7.01. The Hall–Kier alpha value is -3.04. The molecule has 3 N–H and O–H groups in total. The van der Waals surface area contributed by atoms with Crippen LogP contribution in [0.3, 0.4) is 0 Å². The predicted octanol–water partition coefficient (Wildman–Crippen LogP) is 4.17. The molecule has 1 aromatic heterocycles. The van der Waals surface area contributed by atoms with E-state index in [4.69, 9.17) is 14.9 Å². The van der Waals surface area contributed by atoms with Gasteiger partial charge in [-0.1, -0.05) is 6.07 Å². The van der Waals surface area contributed by atoms with Crippen LogP contribution >= 0.6 is 0 Å². The minimum atomic E-state index is 0.176. The lowest BCUT2D eigenvalue weighted by molar-refractivity contribution is 0.0798. The number of anilines is 1. The van der Waals surface area contributed by atoms with Crippen LogP contribution in [0.25, 0.3) is 22.2 Å². The topological polar surface area (TPSA) is 105 Å². The van der Waals surface area contributed by atoms with Gasteiger partial charge in [0.2, 0.25) is 0 Å². The third-order valence-corrected chi connectivity index (χ3v) is 5.32. The molecule has 0 amide bonds. The summed E-state index contributed by atoms with van der Waals surface area (Å²) >= 11 is 0.